The molecule has 1 aromatic rings. The lowest BCUT2D eigenvalue weighted by Crippen LogP contribution is -2.36. The fraction of sp³-hybridized carbons (Fsp3) is 0.857. The quantitative estimate of drug-likeness (QED) is 0.905. The van der Waals surface area contributed by atoms with Gasteiger partial charge in [0.2, 0.25) is 11.7 Å². The summed E-state index contributed by atoms with van der Waals surface area (Å²) in [5.74, 6) is 1.92. The Morgan fingerprint density at radius 2 is 2.21 bits per heavy atom. The molecule has 0 aliphatic heterocycles. The minimum Gasteiger partial charge on any atom is -0.367 e. The highest BCUT2D eigenvalue weighted by molar-refractivity contribution is 5.14. The molecule has 2 unspecified atom stereocenters. The summed E-state index contributed by atoms with van der Waals surface area (Å²) in [4.78, 5) is 4.57. The second-order valence-electron chi connectivity index (χ2n) is 6.21. The molecule has 3 rings (SSSR count). The first kappa shape index (κ1) is 13.1. The van der Waals surface area contributed by atoms with Gasteiger partial charge in [0.05, 0.1) is 5.54 Å². The predicted octanol–water partition coefficient (Wildman–Crippen LogP) is 2.46. The van der Waals surface area contributed by atoms with Crippen LogP contribution < -0.4 is 5.73 Å². The van der Waals surface area contributed by atoms with Gasteiger partial charge in [-0.05, 0) is 44.9 Å². The lowest BCUT2D eigenvalue weighted by Gasteiger charge is -2.37. The number of hydrogen-bond donors (Lipinski definition) is 1. The Labute approximate surface area is 113 Å². The highest BCUT2D eigenvalue weighted by Crippen LogP contribution is 2.45. The Hall–Kier alpha value is -0.940. The van der Waals surface area contributed by atoms with Crippen LogP contribution in [0.15, 0.2) is 4.52 Å². The Morgan fingerprint density at radius 3 is 2.84 bits per heavy atom. The normalized spacial score (nSPS) is 33.3. The largest absolute Gasteiger partial charge is 0.367 e. The van der Waals surface area contributed by atoms with Crippen molar-refractivity contribution >= 4 is 0 Å². The standard InChI is InChI=1S/C14H23N3O2/c1-3-18-14(6-4-5-10(2)9-14)11-16-12(19-17-11)13(15)7-8-13/h10H,3-9,15H2,1-2H3. The van der Waals surface area contributed by atoms with Crippen molar-refractivity contribution in [3.8, 4) is 0 Å². The van der Waals surface area contributed by atoms with Gasteiger partial charge in [-0.1, -0.05) is 18.5 Å². The SMILES string of the molecule is CCOC1(c2noc(C3(N)CC3)n2)CCCC(C)C1. The molecule has 0 amide bonds. The minimum absolute atomic E-state index is 0.362. The first-order chi connectivity index (χ1) is 9.08. The predicted molar refractivity (Wildman–Crippen MR) is 70.3 cm³/mol. The van der Waals surface area contributed by atoms with E-state index in [9.17, 15) is 0 Å². The van der Waals surface area contributed by atoms with Crippen LogP contribution in [0.3, 0.4) is 0 Å². The summed E-state index contributed by atoms with van der Waals surface area (Å²) in [7, 11) is 0. The highest BCUT2D eigenvalue weighted by Gasteiger charge is 2.48. The molecule has 2 N–H and O–H groups in total. The van der Waals surface area contributed by atoms with Gasteiger partial charge >= 0.3 is 0 Å². The summed E-state index contributed by atoms with van der Waals surface area (Å²) in [5, 5.41) is 4.18. The van der Waals surface area contributed by atoms with E-state index in [1.807, 2.05) is 6.92 Å². The van der Waals surface area contributed by atoms with Gasteiger partial charge in [-0.2, -0.15) is 4.98 Å². The number of rotatable bonds is 4. The first-order valence-electron chi connectivity index (χ1n) is 7.35. The van der Waals surface area contributed by atoms with E-state index in [1.54, 1.807) is 0 Å². The lowest BCUT2D eigenvalue weighted by molar-refractivity contribution is -0.0891. The average molecular weight is 265 g/mol. The zero-order valence-electron chi connectivity index (χ0n) is 11.8. The van der Waals surface area contributed by atoms with Crippen LogP contribution in [-0.4, -0.2) is 16.7 Å². The number of aromatic nitrogens is 2. The molecule has 1 heterocycles. The molecule has 0 saturated heterocycles. The molecule has 5 nitrogen and oxygen atoms in total. The Bertz CT molecular complexity index is 451. The molecular formula is C14H23N3O2. The topological polar surface area (TPSA) is 74.2 Å². The van der Waals surface area contributed by atoms with Gasteiger partial charge < -0.3 is 15.0 Å². The van der Waals surface area contributed by atoms with Crippen LogP contribution in [0.25, 0.3) is 0 Å². The summed E-state index contributed by atoms with van der Waals surface area (Å²) >= 11 is 0. The van der Waals surface area contributed by atoms with Gasteiger partial charge in [-0.15, -0.1) is 0 Å². The average Bonchev–Trinajstić information content (AvgIpc) is 2.94. The zero-order valence-corrected chi connectivity index (χ0v) is 11.8. The molecule has 1 aromatic heterocycles. The molecule has 19 heavy (non-hydrogen) atoms. The molecule has 2 aliphatic carbocycles. The van der Waals surface area contributed by atoms with Crippen LogP contribution in [0.2, 0.25) is 0 Å². The molecule has 0 radical (unpaired) electrons. The van der Waals surface area contributed by atoms with E-state index >= 15 is 0 Å². The van der Waals surface area contributed by atoms with Gasteiger partial charge in [0.15, 0.2) is 0 Å². The van der Waals surface area contributed by atoms with Crippen molar-refractivity contribution in [1.82, 2.24) is 10.1 Å². The second-order valence-corrected chi connectivity index (χ2v) is 6.21. The smallest absolute Gasteiger partial charge is 0.246 e. The monoisotopic (exact) mass is 265 g/mol. The fourth-order valence-electron chi connectivity index (χ4n) is 3.14. The summed E-state index contributed by atoms with van der Waals surface area (Å²) in [5.41, 5.74) is 5.39. The number of hydrogen-bond acceptors (Lipinski definition) is 5. The Balaban J connectivity index is 1.88. The molecule has 2 fully saturated rings. The van der Waals surface area contributed by atoms with E-state index in [0.717, 1.165) is 32.1 Å². The Kier molecular flexibility index (Phi) is 3.14. The van der Waals surface area contributed by atoms with E-state index < -0.39 is 0 Å². The van der Waals surface area contributed by atoms with E-state index in [0.29, 0.717) is 24.2 Å². The Morgan fingerprint density at radius 1 is 1.42 bits per heavy atom. The van der Waals surface area contributed by atoms with Crippen molar-refractivity contribution in [2.24, 2.45) is 11.7 Å². The van der Waals surface area contributed by atoms with Gasteiger partial charge in [0.1, 0.15) is 5.60 Å². The van der Waals surface area contributed by atoms with Gasteiger partial charge in [-0.25, -0.2) is 0 Å². The van der Waals surface area contributed by atoms with Crippen LogP contribution in [-0.2, 0) is 15.9 Å². The van der Waals surface area contributed by atoms with E-state index in [2.05, 4.69) is 17.1 Å². The number of nitrogens with zero attached hydrogens (tertiary/aromatic N) is 2. The third kappa shape index (κ3) is 2.30. The van der Waals surface area contributed by atoms with Crippen molar-refractivity contribution in [3.63, 3.8) is 0 Å². The molecule has 5 heteroatoms. The van der Waals surface area contributed by atoms with Crippen molar-refractivity contribution in [2.75, 3.05) is 6.61 Å². The summed E-state index contributed by atoms with van der Waals surface area (Å²) in [6.07, 6.45) is 6.22. The van der Waals surface area contributed by atoms with Crippen molar-refractivity contribution in [3.05, 3.63) is 11.7 Å². The van der Waals surface area contributed by atoms with Crippen molar-refractivity contribution in [1.29, 1.82) is 0 Å². The van der Waals surface area contributed by atoms with Gasteiger partial charge in [0.25, 0.3) is 0 Å². The summed E-state index contributed by atoms with van der Waals surface area (Å²) in [6, 6.07) is 0. The molecular weight excluding hydrogens is 242 g/mol. The number of ether oxygens (including phenoxy) is 1. The third-order valence-electron chi connectivity index (χ3n) is 4.42. The van der Waals surface area contributed by atoms with E-state index in [1.165, 1.54) is 6.42 Å². The maximum atomic E-state index is 6.12. The van der Waals surface area contributed by atoms with Crippen LogP contribution in [0.5, 0.6) is 0 Å². The summed E-state index contributed by atoms with van der Waals surface area (Å²) in [6.45, 7) is 4.96. The van der Waals surface area contributed by atoms with Crippen LogP contribution in [0.1, 0.15) is 64.1 Å². The van der Waals surface area contributed by atoms with Gasteiger partial charge in [0, 0.05) is 6.61 Å². The van der Waals surface area contributed by atoms with E-state index in [-0.39, 0.29) is 11.1 Å². The maximum absolute atomic E-state index is 6.12. The summed E-state index contributed by atoms with van der Waals surface area (Å²) < 4.78 is 11.4. The molecule has 0 aromatic carbocycles. The first-order valence-corrected chi connectivity index (χ1v) is 7.35. The molecule has 0 spiro atoms. The van der Waals surface area contributed by atoms with Crippen LogP contribution in [0, 0.1) is 5.92 Å². The third-order valence-corrected chi connectivity index (χ3v) is 4.42. The van der Waals surface area contributed by atoms with Crippen molar-refractivity contribution < 1.29 is 9.26 Å². The highest BCUT2D eigenvalue weighted by atomic mass is 16.5. The van der Waals surface area contributed by atoms with Crippen LogP contribution >= 0.6 is 0 Å². The molecule has 106 valence electrons. The zero-order chi connectivity index (χ0) is 13.5. The molecule has 2 atom stereocenters. The van der Waals surface area contributed by atoms with Gasteiger partial charge in [-0.3, -0.25) is 0 Å². The van der Waals surface area contributed by atoms with Crippen molar-refractivity contribution in [2.45, 2.75) is 63.5 Å². The van der Waals surface area contributed by atoms with E-state index in [4.69, 9.17) is 15.0 Å². The molecule has 0 bridgehead atoms. The molecule has 2 saturated carbocycles. The second kappa shape index (κ2) is 4.56. The van der Waals surface area contributed by atoms with Crippen LogP contribution in [0.4, 0.5) is 0 Å². The maximum Gasteiger partial charge on any atom is 0.246 e. The minimum atomic E-state index is -0.362. The fourth-order valence-corrected chi connectivity index (χ4v) is 3.14. The number of nitrogens with two attached hydrogens (primary N) is 1. The molecule has 2 aliphatic rings. The lowest BCUT2D eigenvalue weighted by atomic mass is 9.78.